The third-order valence-corrected chi connectivity index (χ3v) is 9.01. The van der Waals surface area contributed by atoms with E-state index in [9.17, 15) is 9.59 Å². The molecule has 40 heavy (non-hydrogen) atoms. The maximum Gasteiger partial charge on any atom is 0.417 e. The predicted molar refractivity (Wildman–Crippen MR) is 151 cm³/mol. The number of cyclic esters (lactones) is 1. The molecule has 0 spiro atoms. The van der Waals surface area contributed by atoms with Crippen LogP contribution < -0.4 is 10.1 Å². The van der Waals surface area contributed by atoms with Gasteiger partial charge in [-0.25, -0.2) is 19.7 Å². The zero-order valence-electron chi connectivity index (χ0n) is 21.9. The molecule has 3 aromatic heterocycles. The molecule has 1 aliphatic heterocycles. The Balaban J connectivity index is 1.16. The van der Waals surface area contributed by atoms with Gasteiger partial charge in [0.25, 0.3) is 0 Å². The van der Waals surface area contributed by atoms with Crippen molar-refractivity contribution in [3.05, 3.63) is 71.0 Å². The number of benzene rings is 2. The summed E-state index contributed by atoms with van der Waals surface area (Å²) in [4.78, 5) is 38.8. The van der Waals surface area contributed by atoms with Crippen LogP contribution in [-0.4, -0.2) is 50.2 Å². The monoisotopic (exact) mass is 554 g/mol. The molecule has 4 heterocycles. The van der Waals surface area contributed by atoms with Crippen molar-refractivity contribution in [2.45, 2.75) is 38.3 Å². The summed E-state index contributed by atoms with van der Waals surface area (Å²) in [7, 11) is 1.63. The Morgan fingerprint density at radius 1 is 1.23 bits per heavy atom. The molecule has 202 valence electrons. The lowest BCUT2D eigenvalue weighted by Crippen LogP contribution is -2.43. The standard InChI is InChI=1S/C29H26N6O4S/c1-15-25(16-6-4-3-5-7-16)39-29(37)35(15)28(36)17-8-9-19-23(11-17)40-27-24(19)26(30-14-31-27)33-21-10-18-13-32-34-20(18)12-22(21)38-2/h3-7,10,12-15,17,25H,8-9,11H2,1-2H3,(H,32,34)(H,30,31,33)/t15-,17-,25-/m0/s1. The molecule has 10 nitrogen and oxygen atoms in total. The Morgan fingerprint density at radius 3 is 2.90 bits per heavy atom. The molecular formula is C29H26N6O4S. The summed E-state index contributed by atoms with van der Waals surface area (Å²) < 4.78 is 11.3. The average Bonchev–Trinajstić information content (AvgIpc) is 3.67. The van der Waals surface area contributed by atoms with Crippen molar-refractivity contribution >= 4 is 56.0 Å². The van der Waals surface area contributed by atoms with Crippen LogP contribution in [0.3, 0.4) is 0 Å². The third kappa shape index (κ3) is 3.96. The van der Waals surface area contributed by atoms with Crippen LogP contribution in [0.4, 0.5) is 16.3 Å². The first-order valence-electron chi connectivity index (χ1n) is 13.1. The van der Waals surface area contributed by atoms with E-state index in [4.69, 9.17) is 9.47 Å². The van der Waals surface area contributed by atoms with Gasteiger partial charge in [0.05, 0.1) is 35.9 Å². The molecule has 1 aliphatic carbocycles. The Hall–Kier alpha value is -4.51. The average molecular weight is 555 g/mol. The molecule has 7 rings (SSSR count). The number of carbonyl (C=O) groups excluding carboxylic acids is 2. The van der Waals surface area contributed by atoms with Gasteiger partial charge in [0.2, 0.25) is 5.91 Å². The van der Waals surface area contributed by atoms with E-state index < -0.39 is 12.2 Å². The molecule has 2 aliphatic rings. The molecule has 3 atom stereocenters. The summed E-state index contributed by atoms with van der Waals surface area (Å²) in [6, 6.07) is 13.1. The smallest absolute Gasteiger partial charge is 0.417 e. The molecule has 1 saturated heterocycles. The van der Waals surface area contributed by atoms with Crippen LogP contribution in [0.15, 0.2) is 55.0 Å². The predicted octanol–water partition coefficient (Wildman–Crippen LogP) is 5.53. The quantitative estimate of drug-likeness (QED) is 0.291. The van der Waals surface area contributed by atoms with Crippen molar-refractivity contribution in [1.82, 2.24) is 25.1 Å². The number of hydrogen-bond donors (Lipinski definition) is 2. The summed E-state index contributed by atoms with van der Waals surface area (Å²) in [5, 5.41) is 12.4. The van der Waals surface area contributed by atoms with E-state index in [2.05, 4.69) is 25.5 Å². The van der Waals surface area contributed by atoms with Gasteiger partial charge in [-0.1, -0.05) is 30.3 Å². The zero-order valence-corrected chi connectivity index (χ0v) is 22.7. The number of imide groups is 1. The molecule has 5 aromatic rings. The highest BCUT2D eigenvalue weighted by molar-refractivity contribution is 7.19. The first kappa shape index (κ1) is 24.5. The number of aromatic amines is 1. The Kier molecular flexibility index (Phi) is 5.88. The van der Waals surface area contributed by atoms with Crippen molar-refractivity contribution in [2.24, 2.45) is 5.92 Å². The summed E-state index contributed by atoms with van der Waals surface area (Å²) in [5.41, 5.74) is 3.69. The van der Waals surface area contributed by atoms with Crippen molar-refractivity contribution in [3.63, 3.8) is 0 Å². The second kappa shape index (κ2) is 9.60. The number of H-pyrrole nitrogens is 1. The van der Waals surface area contributed by atoms with Gasteiger partial charge in [-0.3, -0.25) is 9.89 Å². The number of anilines is 2. The van der Waals surface area contributed by atoms with Crippen molar-refractivity contribution in [2.75, 3.05) is 12.4 Å². The highest BCUT2D eigenvalue weighted by Gasteiger charge is 2.46. The molecule has 2 amide bonds. The Bertz CT molecular complexity index is 1770. The number of carbonyl (C=O) groups is 2. The minimum absolute atomic E-state index is 0.179. The fourth-order valence-electron chi connectivity index (χ4n) is 5.82. The number of nitrogens with one attached hydrogen (secondary N) is 2. The van der Waals surface area contributed by atoms with E-state index >= 15 is 0 Å². The molecule has 11 heteroatoms. The van der Waals surface area contributed by atoms with Crippen LogP contribution in [0.25, 0.3) is 21.1 Å². The number of ether oxygens (including phenoxy) is 2. The molecule has 0 radical (unpaired) electrons. The summed E-state index contributed by atoms with van der Waals surface area (Å²) in [6.07, 6.45) is 4.12. The summed E-state index contributed by atoms with van der Waals surface area (Å²) in [5.74, 6) is 0.870. The zero-order chi connectivity index (χ0) is 27.4. The minimum atomic E-state index is -0.575. The number of hydrogen-bond acceptors (Lipinski definition) is 9. The van der Waals surface area contributed by atoms with E-state index in [1.807, 2.05) is 49.4 Å². The molecule has 1 fully saturated rings. The van der Waals surface area contributed by atoms with Crippen LogP contribution in [0, 0.1) is 5.92 Å². The number of nitrogens with zero attached hydrogens (tertiary/aromatic N) is 4. The highest BCUT2D eigenvalue weighted by atomic mass is 32.1. The van der Waals surface area contributed by atoms with E-state index in [-0.39, 0.29) is 17.9 Å². The first-order valence-corrected chi connectivity index (χ1v) is 14.0. The van der Waals surface area contributed by atoms with Gasteiger partial charge in [-0.05, 0) is 43.4 Å². The Morgan fingerprint density at radius 2 is 2.08 bits per heavy atom. The van der Waals surface area contributed by atoms with E-state index in [0.717, 1.165) is 42.8 Å². The minimum Gasteiger partial charge on any atom is -0.494 e. The fourth-order valence-corrected chi connectivity index (χ4v) is 7.09. The first-order chi connectivity index (χ1) is 19.5. The van der Waals surface area contributed by atoms with E-state index in [1.54, 1.807) is 31.0 Å². The van der Waals surface area contributed by atoms with Gasteiger partial charge < -0.3 is 14.8 Å². The van der Waals surface area contributed by atoms with Crippen LogP contribution in [0.5, 0.6) is 5.75 Å². The largest absolute Gasteiger partial charge is 0.494 e. The number of thiophene rings is 1. The lowest BCUT2D eigenvalue weighted by atomic mass is 9.86. The van der Waals surface area contributed by atoms with Gasteiger partial charge in [-0.15, -0.1) is 11.3 Å². The lowest BCUT2D eigenvalue weighted by Gasteiger charge is -2.27. The normalized spacial score (nSPS) is 20.5. The molecule has 0 saturated carbocycles. The molecular weight excluding hydrogens is 528 g/mol. The summed E-state index contributed by atoms with van der Waals surface area (Å²) in [6.45, 7) is 1.87. The van der Waals surface area contributed by atoms with Crippen LogP contribution in [0.2, 0.25) is 0 Å². The van der Waals surface area contributed by atoms with Gasteiger partial charge in [0.15, 0.2) is 0 Å². The maximum atomic E-state index is 13.7. The molecule has 0 unspecified atom stereocenters. The van der Waals surface area contributed by atoms with E-state index in [0.29, 0.717) is 30.8 Å². The topological polar surface area (TPSA) is 122 Å². The van der Waals surface area contributed by atoms with Crippen molar-refractivity contribution < 1.29 is 19.1 Å². The van der Waals surface area contributed by atoms with Crippen molar-refractivity contribution in [3.8, 4) is 5.75 Å². The van der Waals surface area contributed by atoms with Crippen LogP contribution in [0.1, 0.15) is 35.5 Å². The van der Waals surface area contributed by atoms with Gasteiger partial charge in [-0.2, -0.15) is 5.10 Å². The number of amides is 2. The number of rotatable bonds is 5. The Labute approximate surface area is 233 Å². The number of methoxy groups -OCH3 is 1. The van der Waals surface area contributed by atoms with Gasteiger partial charge in [0.1, 0.15) is 28.8 Å². The highest BCUT2D eigenvalue weighted by Crippen LogP contribution is 2.43. The number of fused-ring (bicyclic) bond motifs is 4. The SMILES string of the molecule is COc1cc2[nH]ncc2cc1Nc1ncnc2sc3c(c12)CC[C@H](C(=O)N1C(=O)O[C@H](c2ccccc2)[C@@H]1C)C3. The van der Waals surface area contributed by atoms with Gasteiger partial charge in [0, 0.05) is 22.2 Å². The second-order valence-electron chi connectivity index (χ2n) is 10.1. The number of aryl methyl sites for hydroxylation is 1. The van der Waals surface area contributed by atoms with Crippen LogP contribution >= 0.6 is 11.3 Å². The number of aromatic nitrogens is 4. The maximum absolute atomic E-state index is 13.7. The van der Waals surface area contributed by atoms with Gasteiger partial charge >= 0.3 is 6.09 Å². The van der Waals surface area contributed by atoms with Crippen LogP contribution in [-0.2, 0) is 22.4 Å². The fraction of sp³-hybridized carbons (Fsp3) is 0.276. The second-order valence-corrected chi connectivity index (χ2v) is 11.2. The molecule has 2 N–H and O–H groups in total. The molecule has 0 bridgehead atoms. The summed E-state index contributed by atoms with van der Waals surface area (Å²) >= 11 is 1.58. The third-order valence-electron chi connectivity index (χ3n) is 7.84. The van der Waals surface area contributed by atoms with E-state index in [1.165, 1.54) is 4.90 Å². The molecule has 2 aromatic carbocycles. The lowest BCUT2D eigenvalue weighted by molar-refractivity contribution is -0.133. The van der Waals surface area contributed by atoms with Crippen molar-refractivity contribution in [1.29, 1.82) is 0 Å².